The van der Waals surface area contributed by atoms with E-state index in [-0.39, 0.29) is 6.03 Å². The fraction of sp³-hybridized carbons (Fsp3) is 0.273. The van der Waals surface area contributed by atoms with Crippen molar-refractivity contribution in [2.45, 2.75) is 18.9 Å². The number of rotatable bonds is 3. The Morgan fingerprint density at radius 3 is 2.71 bits per heavy atom. The number of hydrogen-bond donors (Lipinski definition) is 3. The number of hydrogen-bond acceptors (Lipinski definition) is 2. The molecule has 6 heteroatoms. The van der Waals surface area contributed by atoms with Crippen molar-refractivity contribution in [3.8, 4) is 0 Å². The minimum absolute atomic E-state index is 0.184. The summed E-state index contributed by atoms with van der Waals surface area (Å²) in [5.74, 6) is 0. The van der Waals surface area contributed by atoms with Crippen LogP contribution in [0.25, 0.3) is 0 Å². The molecule has 2 amide bonds. The van der Waals surface area contributed by atoms with Gasteiger partial charge in [0, 0.05) is 16.1 Å². The van der Waals surface area contributed by atoms with Crippen molar-refractivity contribution in [2.24, 2.45) is 5.73 Å². The summed E-state index contributed by atoms with van der Waals surface area (Å²) in [6, 6.07) is 5.49. The fourth-order valence-electron chi connectivity index (χ4n) is 1.34. The van der Waals surface area contributed by atoms with E-state index in [0.717, 1.165) is 22.9 Å². The zero-order valence-electron chi connectivity index (χ0n) is 9.00. The summed E-state index contributed by atoms with van der Waals surface area (Å²) in [5, 5.41) is 5.61. The second kappa shape index (κ2) is 5.01. The van der Waals surface area contributed by atoms with Crippen LogP contribution in [0.15, 0.2) is 22.7 Å². The second-order valence-corrected chi connectivity index (χ2v) is 5.23. The summed E-state index contributed by atoms with van der Waals surface area (Å²) < 4.78 is 0.758. The van der Waals surface area contributed by atoms with Crippen molar-refractivity contribution in [2.75, 3.05) is 5.32 Å². The third-order valence-corrected chi connectivity index (χ3v) is 3.31. The Labute approximate surface area is 113 Å². The zero-order valence-corrected chi connectivity index (χ0v) is 11.4. The van der Waals surface area contributed by atoms with E-state index in [1.165, 1.54) is 0 Å². The van der Waals surface area contributed by atoms with Gasteiger partial charge in [-0.05, 0) is 47.0 Å². The van der Waals surface area contributed by atoms with Gasteiger partial charge in [-0.1, -0.05) is 12.2 Å². The number of halogens is 1. The first-order valence-corrected chi connectivity index (χ1v) is 6.43. The number of nitrogens with two attached hydrogens (primary N) is 1. The van der Waals surface area contributed by atoms with Gasteiger partial charge >= 0.3 is 6.03 Å². The molecule has 0 unspecified atom stereocenters. The molecular weight excluding hydrogens is 302 g/mol. The molecule has 0 aliphatic heterocycles. The van der Waals surface area contributed by atoms with E-state index in [1.54, 1.807) is 18.2 Å². The molecule has 1 aromatic carbocycles. The molecule has 0 bridgehead atoms. The van der Waals surface area contributed by atoms with E-state index in [0.29, 0.717) is 16.7 Å². The Kier molecular flexibility index (Phi) is 3.63. The van der Waals surface area contributed by atoms with Crippen LogP contribution in [-0.4, -0.2) is 17.1 Å². The maximum atomic E-state index is 11.5. The molecule has 1 saturated carbocycles. The molecule has 0 aromatic heterocycles. The summed E-state index contributed by atoms with van der Waals surface area (Å²) in [6.45, 7) is 0. The molecule has 2 rings (SSSR count). The molecule has 4 nitrogen and oxygen atoms in total. The summed E-state index contributed by atoms with van der Waals surface area (Å²) in [5.41, 5.74) is 6.98. The lowest BCUT2D eigenvalue weighted by atomic mass is 10.2. The molecule has 1 aromatic rings. The Bertz CT molecular complexity index is 474. The molecule has 4 N–H and O–H groups in total. The third-order valence-electron chi connectivity index (χ3n) is 2.41. The molecule has 0 atom stereocenters. The van der Waals surface area contributed by atoms with Crippen molar-refractivity contribution in [3.05, 3.63) is 28.2 Å². The lowest BCUT2D eigenvalue weighted by Gasteiger charge is -2.09. The highest BCUT2D eigenvalue weighted by Crippen LogP contribution is 2.24. The minimum Gasteiger partial charge on any atom is -0.389 e. The van der Waals surface area contributed by atoms with E-state index in [9.17, 15) is 4.79 Å². The number of thiocarbonyl (C=S) groups is 1. The minimum atomic E-state index is -0.184. The van der Waals surface area contributed by atoms with Gasteiger partial charge in [0.25, 0.3) is 0 Å². The van der Waals surface area contributed by atoms with Gasteiger partial charge in [0.15, 0.2) is 0 Å². The predicted molar refractivity (Wildman–Crippen MR) is 75.2 cm³/mol. The molecule has 0 radical (unpaired) electrons. The topological polar surface area (TPSA) is 67.1 Å². The number of carbonyl (C=O) groups excluding carboxylic acids is 1. The normalized spacial score (nSPS) is 14.2. The van der Waals surface area contributed by atoms with Crippen molar-refractivity contribution in [1.82, 2.24) is 5.32 Å². The highest BCUT2D eigenvalue weighted by molar-refractivity contribution is 9.10. The average Bonchev–Trinajstić information content (AvgIpc) is 3.04. The Morgan fingerprint density at radius 2 is 2.18 bits per heavy atom. The van der Waals surface area contributed by atoms with E-state index >= 15 is 0 Å². The number of benzene rings is 1. The van der Waals surface area contributed by atoms with Gasteiger partial charge in [0.2, 0.25) is 0 Å². The van der Waals surface area contributed by atoms with Gasteiger partial charge < -0.3 is 16.4 Å². The second-order valence-electron chi connectivity index (χ2n) is 3.93. The van der Waals surface area contributed by atoms with Crippen LogP contribution in [0.4, 0.5) is 10.5 Å². The van der Waals surface area contributed by atoms with Gasteiger partial charge in [-0.25, -0.2) is 4.79 Å². The van der Waals surface area contributed by atoms with Gasteiger partial charge in [0.05, 0.1) is 5.69 Å². The van der Waals surface area contributed by atoms with Gasteiger partial charge in [-0.15, -0.1) is 0 Å². The van der Waals surface area contributed by atoms with E-state index in [2.05, 4.69) is 26.6 Å². The molecule has 0 heterocycles. The summed E-state index contributed by atoms with van der Waals surface area (Å²) >= 11 is 8.24. The number of nitrogens with one attached hydrogen (secondary N) is 2. The van der Waals surface area contributed by atoms with Crippen LogP contribution in [0.1, 0.15) is 18.4 Å². The Hall–Kier alpha value is -1.14. The van der Waals surface area contributed by atoms with Crippen LogP contribution < -0.4 is 16.4 Å². The van der Waals surface area contributed by atoms with E-state index in [4.69, 9.17) is 18.0 Å². The standard InChI is InChI=1S/C11H12BrN3OS/c12-8-5-6(10(13)17)1-4-9(8)15-11(16)14-7-2-3-7/h1,4-5,7H,2-3H2,(H2,13,17)(H2,14,15,16). The van der Waals surface area contributed by atoms with Crippen LogP contribution in [0.3, 0.4) is 0 Å². The summed E-state index contributed by atoms with van der Waals surface area (Å²) in [6.07, 6.45) is 2.13. The van der Waals surface area contributed by atoms with Gasteiger partial charge in [-0.2, -0.15) is 0 Å². The number of urea groups is 1. The van der Waals surface area contributed by atoms with Crippen molar-refractivity contribution >= 4 is 44.9 Å². The first-order chi connectivity index (χ1) is 8.06. The van der Waals surface area contributed by atoms with Gasteiger partial charge in [-0.3, -0.25) is 0 Å². The highest BCUT2D eigenvalue weighted by atomic mass is 79.9. The molecular formula is C11H12BrN3OS. The lowest BCUT2D eigenvalue weighted by Crippen LogP contribution is -2.30. The fourth-order valence-corrected chi connectivity index (χ4v) is 1.95. The highest BCUT2D eigenvalue weighted by Gasteiger charge is 2.23. The van der Waals surface area contributed by atoms with Crippen molar-refractivity contribution in [1.29, 1.82) is 0 Å². The summed E-state index contributed by atoms with van der Waals surface area (Å²) in [7, 11) is 0. The summed E-state index contributed by atoms with van der Waals surface area (Å²) in [4.78, 5) is 11.9. The maximum Gasteiger partial charge on any atom is 0.319 e. The quantitative estimate of drug-likeness (QED) is 0.750. The average molecular weight is 314 g/mol. The molecule has 90 valence electrons. The van der Waals surface area contributed by atoms with Crippen LogP contribution >= 0.6 is 28.1 Å². The Morgan fingerprint density at radius 1 is 1.47 bits per heavy atom. The zero-order chi connectivity index (χ0) is 12.4. The van der Waals surface area contributed by atoms with Crippen LogP contribution in [0.2, 0.25) is 0 Å². The number of carbonyl (C=O) groups is 1. The van der Waals surface area contributed by atoms with Crippen molar-refractivity contribution < 1.29 is 4.79 Å². The molecule has 0 spiro atoms. The number of amides is 2. The molecule has 0 saturated heterocycles. The monoisotopic (exact) mass is 313 g/mol. The smallest absolute Gasteiger partial charge is 0.319 e. The Balaban J connectivity index is 2.04. The van der Waals surface area contributed by atoms with Gasteiger partial charge in [0.1, 0.15) is 4.99 Å². The van der Waals surface area contributed by atoms with E-state index < -0.39 is 0 Å². The first-order valence-electron chi connectivity index (χ1n) is 5.23. The molecule has 17 heavy (non-hydrogen) atoms. The third kappa shape index (κ3) is 3.41. The lowest BCUT2D eigenvalue weighted by molar-refractivity contribution is 0.251. The molecule has 1 fully saturated rings. The van der Waals surface area contributed by atoms with Crippen LogP contribution in [-0.2, 0) is 0 Å². The van der Waals surface area contributed by atoms with Crippen molar-refractivity contribution in [3.63, 3.8) is 0 Å². The molecule has 1 aliphatic carbocycles. The van der Waals surface area contributed by atoms with Crippen LogP contribution in [0.5, 0.6) is 0 Å². The SMILES string of the molecule is NC(=S)c1ccc(NC(=O)NC2CC2)c(Br)c1. The predicted octanol–water partition coefficient (Wildman–Crippen LogP) is 2.37. The largest absolute Gasteiger partial charge is 0.389 e. The van der Waals surface area contributed by atoms with E-state index in [1.807, 2.05) is 0 Å². The first kappa shape index (κ1) is 12.3. The maximum absolute atomic E-state index is 11.5. The van der Waals surface area contributed by atoms with Crippen LogP contribution in [0, 0.1) is 0 Å². The number of anilines is 1. The molecule has 1 aliphatic rings.